The van der Waals surface area contributed by atoms with Gasteiger partial charge in [-0.05, 0) is 19.9 Å². The van der Waals surface area contributed by atoms with Gasteiger partial charge >= 0.3 is 0 Å². The average Bonchev–Trinajstić information content (AvgIpc) is 3.27. The highest BCUT2D eigenvalue weighted by Crippen LogP contribution is 2.44. The Kier molecular flexibility index (Phi) is 5.25. The van der Waals surface area contributed by atoms with Crippen molar-refractivity contribution in [3.8, 4) is 0 Å². The molecule has 6 rings (SSSR count). The SMILES string of the molecule is CC(=O)N1CC2(C1)CN(c1cc3c(N[C@H](C)c4cccc(C(F)F)c4F)nc(C)nc3n3cnnc13)C2. The standard InChI is InChI=1S/C25H25F3N8O/c1-13(16-5-4-6-17(20(16)26)21(27)28)30-22-18-7-19(35-10-25(11-35)8-34(9-25)15(3)37)24-33-29-12-36(24)23(18)32-14(2)31-22/h4-7,12-13,21H,8-11H2,1-3H3,(H,30,31,32)/t13-/m1/s1. The van der Waals surface area contributed by atoms with Crippen molar-refractivity contribution in [1.82, 2.24) is 29.5 Å². The average molecular weight is 511 g/mol. The van der Waals surface area contributed by atoms with E-state index in [1.54, 1.807) is 31.5 Å². The predicted molar refractivity (Wildman–Crippen MR) is 131 cm³/mol. The number of nitrogens with one attached hydrogen (secondary N) is 1. The molecule has 0 saturated carbocycles. The monoisotopic (exact) mass is 510 g/mol. The summed E-state index contributed by atoms with van der Waals surface area (Å²) in [4.78, 5) is 24.8. The molecule has 1 aromatic carbocycles. The van der Waals surface area contributed by atoms with E-state index >= 15 is 0 Å². The van der Waals surface area contributed by atoms with Gasteiger partial charge in [-0.2, -0.15) is 0 Å². The molecule has 1 N–H and O–H groups in total. The van der Waals surface area contributed by atoms with Crippen LogP contribution >= 0.6 is 0 Å². The molecule has 37 heavy (non-hydrogen) atoms. The summed E-state index contributed by atoms with van der Waals surface area (Å²) >= 11 is 0. The van der Waals surface area contributed by atoms with Gasteiger partial charge in [-0.1, -0.05) is 18.2 Å². The van der Waals surface area contributed by atoms with E-state index in [9.17, 15) is 18.0 Å². The zero-order chi connectivity index (χ0) is 26.1. The molecule has 2 saturated heterocycles. The maximum absolute atomic E-state index is 14.8. The van der Waals surface area contributed by atoms with Gasteiger partial charge in [-0.3, -0.25) is 9.20 Å². The Morgan fingerprint density at radius 2 is 1.84 bits per heavy atom. The van der Waals surface area contributed by atoms with Crippen LogP contribution in [0.15, 0.2) is 30.6 Å². The Morgan fingerprint density at radius 3 is 2.54 bits per heavy atom. The third-order valence-corrected chi connectivity index (χ3v) is 7.33. The van der Waals surface area contributed by atoms with E-state index in [1.165, 1.54) is 12.1 Å². The number of amides is 1. The zero-order valence-corrected chi connectivity index (χ0v) is 20.5. The van der Waals surface area contributed by atoms with Crippen molar-refractivity contribution in [2.75, 3.05) is 36.4 Å². The van der Waals surface area contributed by atoms with Crippen molar-refractivity contribution >= 4 is 34.1 Å². The van der Waals surface area contributed by atoms with E-state index < -0.39 is 23.8 Å². The third-order valence-electron chi connectivity index (χ3n) is 7.33. The normalized spacial score (nSPS) is 17.4. The van der Waals surface area contributed by atoms with E-state index in [1.807, 2.05) is 11.0 Å². The minimum atomic E-state index is -2.91. The van der Waals surface area contributed by atoms with Crippen LogP contribution in [-0.2, 0) is 4.79 Å². The summed E-state index contributed by atoms with van der Waals surface area (Å²) in [6.45, 7) is 8.07. The van der Waals surface area contributed by atoms with E-state index in [2.05, 4.69) is 30.4 Å². The van der Waals surface area contributed by atoms with Crippen molar-refractivity contribution in [3.05, 3.63) is 53.4 Å². The number of halogens is 3. The number of carbonyl (C=O) groups is 1. The highest BCUT2D eigenvalue weighted by atomic mass is 19.3. The summed E-state index contributed by atoms with van der Waals surface area (Å²) < 4.78 is 43.2. The lowest BCUT2D eigenvalue weighted by atomic mass is 9.72. The molecule has 0 unspecified atom stereocenters. The van der Waals surface area contributed by atoms with Gasteiger partial charge in [0.05, 0.1) is 22.7 Å². The van der Waals surface area contributed by atoms with Crippen LogP contribution in [0.4, 0.5) is 24.7 Å². The van der Waals surface area contributed by atoms with Crippen molar-refractivity contribution < 1.29 is 18.0 Å². The summed E-state index contributed by atoms with van der Waals surface area (Å²) in [6, 6.07) is 5.30. The first-order valence-corrected chi connectivity index (χ1v) is 12.0. The number of alkyl halides is 2. The van der Waals surface area contributed by atoms with Gasteiger partial charge in [-0.15, -0.1) is 10.2 Å². The van der Waals surface area contributed by atoms with Crippen LogP contribution in [0.2, 0.25) is 0 Å². The molecule has 2 fully saturated rings. The summed E-state index contributed by atoms with van der Waals surface area (Å²) in [5, 5.41) is 12.3. The minimum Gasteiger partial charge on any atom is -0.367 e. The topological polar surface area (TPSA) is 91.6 Å². The number of anilines is 2. The molecule has 0 aliphatic carbocycles. The van der Waals surface area contributed by atoms with E-state index in [4.69, 9.17) is 0 Å². The molecule has 1 atom stereocenters. The van der Waals surface area contributed by atoms with Gasteiger partial charge in [0.2, 0.25) is 5.91 Å². The Hall–Kier alpha value is -3.96. The van der Waals surface area contributed by atoms with Crippen molar-refractivity contribution in [2.24, 2.45) is 5.41 Å². The largest absolute Gasteiger partial charge is 0.367 e. The maximum atomic E-state index is 14.8. The number of likely N-dealkylation sites (tertiary alicyclic amines) is 1. The molecule has 1 amide bonds. The predicted octanol–water partition coefficient (Wildman–Crippen LogP) is 3.90. The van der Waals surface area contributed by atoms with Crippen LogP contribution in [0.5, 0.6) is 0 Å². The fourth-order valence-corrected chi connectivity index (χ4v) is 5.47. The Bertz CT molecular complexity index is 1540. The molecule has 2 aliphatic heterocycles. The zero-order valence-electron chi connectivity index (χ0n) is 20.5. The number of hydrogen-bond acceptors (Lipinski definition) is 7. The minimum absolute atomic E-state index is 0.0857. The van der Waals surface area contributed by atoms with Crippen LogP contribution in [0.3, 0.4) is 0 Å². The van der Waals surface area contributed by atoms with Gasteiger partial charge in [0.25, 0.3) is 6.43 Å². The first-order chi connectivity index (χ1) is 17.7. The number of carbonyl (C=O) groups excluding carboxylic acids is 1. The van der Waals surface area contributed by atoms with E-state index in [0.717, 1.165) is 37.9 Å². The van der Waals surface area contributed by atoms with Gasteiger partial charge in [0.15, 0.2) is 11.3 Å². The number of benzene rings is 1. The van der Waals surface area contributed by atoms with E-state index in [-0.39, 0.29) is 16.9 Å². The summed E-state index contributed by atoms with van der Waals surface area (Å²) in [5.41, 5.74) is 1.66. The van der Waals surface area contributed by atoms with Gasteiger partial charge in [0, 0.05) is 44.1 Å². The Morgan fingerprint density at radius 1 is 1.11 bits per heavy atom. The Balaban J connectivity index is 1.37. The number of pyridine rings is 1. The molecule has 3 aromatic heterocycles. The van der Waals surface area contributed by atoms with Crippen molar-refractivity contribution in [3.63, 3.8) is 0 Å². The molecule has 5 heterocycles. The molecular formula is C25H25F3N8O. The first kappa shape index (κ1) is 23.4. The van der Waals surface area contributed by atoms with E-state index in [0.29, 0.717) is 28.3 Å². The fraction of sp³-hybridized carbons (Fsp3) is 0.400. The number of fused-ring (bicyclic) bond motifs is 3. The molecule has 4 aromatic rings. The highest BCUT2D eigenvalue weighted by Gasteiger charge is 2.53. The lowest BCUT2D eigenvalue weighted by Crippen LogP contribution is -2.73. The van der Waals surface area contributed by atoms with Crippen molar-refractivity contribution in [2.45, 2.75) is 33.2 Å². The fourth-order valence-electron chi connectivity index (χ4n) is 5.47. The second-order valence-corrected chi connectivity index (χ2v) is 10.1. The molecular weight excluding hydrogens is 485 g/mol. The molecule has 0 bridgehead atoms. The lowest BCUT2D eigenvalue weighted by Gasteiger charge is -2.60. The highest BCUT2D eigenvalue weighted by molar-refractivity contribution is 5.94. The molecule has 2 aliphatic rings. The summed E-state index contributed by atoms with van der Waals surface area (Å²) in [6.07, 6.45) is -1.32. The number of hydrogen-bond donors (Lipinski definition) is 1. The van der Waals surface area contributed by atoms with Crippen LogP contribution in [0.1, 0.15) is 43.3 Å². The quantitative estimate of drug-likeness (QED) is 0.436. The summed E-state index contributed by atoms with van der Waals surface area (Å²) in [7, 11) is 0. The third kappa shape index (κ3) is 3.73. The second-order valence-electron chi connectivity index (χ2n) is 10.1. The molecule has 0 radical (unpaired) electrons. The number of aromatic nitrogens is 5. The van der Waals surface area contributed by atoms with Crippen LogP contribution in [0, 0.1) is 18.2 Å². The number of rotatable bonds is 5. The Labute approximate surface area is 210 Å². The van der Waals surface area contributed by atoms with Crippen LogP contribution < -0.4 is 10.2 Å². The molecule has 192 valence electrons. The van der Waals surface area contributed by atoms with Crippen molar-refractivity contribution in [1.29, 1.82) is 0 Å². The lowest BCUT2D eigenvalue weighted by molar-refractivity contribution is -0.142. The summed E-state index contributed by atoms with van der Waals surface area (Å²) in [5.74, 6) is 0.0896. The van der Waals surface area contributed by atoms with Gasteiger partial charge < -0.3 is 15.1 Å². The van der Waals surface area contributed by atoms with Crippen LogP contribution in [-0.4, -0.2) is 61.6 Å². The maximum Gasteiger partial charge on any atom is 0.266 e. The number of aryl methyl sites for hydroxylation is 1. The first-order valence-electron chi connectivity index (χ1n) is 12.0. The number of nitrogens with zero attached hydrogens (tertiary/aromatic N) is 7. The van der Waals surface area contributed by atoms with Gasteiger partial charge in [-0.25, -0.2) is 23.1 Å². The van der Waals surface area contributed by atoms with Gasteiger partial charge in [0.1, 0.15) is 23.8 Å². The smallest absolute Gasteiger partial charge is 0.266 e. The second kappa shape index (κ2) is 8.29. The van der Waals surface area contributed by atoms with Crippen LogP contribution in [0.25, 0.3) is 16.7 Å². The molecule has 12 heteroatoms. The molecule has 1 spiro atoms. The molecule has 9 nitrogen and oxygen atoms in total.